The first-order chi connectivity index (χ1) is 9.76. The summed E-state index contributed by atoms with van der Waals surface area (Å²) in [6.07, 6.45) is 3.22. The largest absolute Gasteiger partial charge is 0.312 e. The van der Waals surface area contributed by atoms with E-state index in [-0.39, 0.29) is 5.91 Å². The van der Waals surface area contributed by atoms with Gasteiger partial charge in [0.2, 0.25) is 15.9 Å². The smallest absolute Gasteiger partial charge is 0.229 e. The van der Waals surface area contributed by atoms with E-state index in [1.54, 1.807) is 6.07 Å². The summed E-state index contributed by atoms with van der Waals surface area (Å²) in [5, 5.41) is 0. The molecule has 116 valence electrons. The van der Waals surface area contributed by atoms with Crippen LogP contribution in [-0.2, 0) is 21.2 Å². The second-order valence-corrected chi connectivity index (χ2v) is 7.69. The number of anilines is 2. The van der Waals surface area contributed by atoms with Crippen LogP contribution in [0.15, 0.2) is 18.2 Å². The maximum Gasteiger partial charge on any atom is 0.229 e. The highest BCUT2D eigenvalue weighted by molar-refractivity contribution is 7.92. The van der Waals surface area contributed by atoms with Crippen molar-refractivity contribution >= 4 is 27.3 Å². The third-order valence-electron chi connectivity index (χ3n) is 3.51. The number of nitrogens with zero attached hydrogens (tertiary/aromatic N) is 1. The Morgan fingerprint density at radius 2 is 2.00 bits per heavy atom. The van der Waals surface area contributed by atoms with E-state index < -0.39 is 10.0 Å². The van der Waals surface area contributed by atoms with Crippen molar-refractivity contribution < 1.29 is 13.2 Å². The van der Waals surface area contributed by atoms with Crippen LogP contribution in [0.3, 0.4) is 0 Å². The first kappa shape index (κ1) is 15.8. The minimum absolute atomic E-state index is 0.145. The van der Waals surface area contributed by atoms with Crippen LogP contribution in [0.25, 0.3) is 0 Å². The fraction of sp³-hybridized carbons (Fsp3) is 0.533. The Hall–Kier alpha value is -1.56. The molecule has 1 N–H and O–H groups in total. The molecule has 6 heteroatoms. The predicted octanol–water partition coefficient (Wildman–Crippen LogP) is 2.38. The number of benzene rings is 1. The van der Waals surface area contributed by atoms with Gasteiger partial charge in [0.1, 0.15) is 0 Å². The summed E-state index contributed by atoms with van der Waals surface area (Å²) in [7, 11) is -3.28. The van der Waals surface area contributed by atoms with Crippen LogP contribution in [0.2, 0.25) is 0 Å². The third kappa shape index (κ3) is 4.20. The molecule has 0 unspecified atom stereocenters. The minimum atomic E-state index is -3.28. The molecule has 0 saturated heterocycles. The highest BCUT2D eigenvalue weighted by atomic mass is 32.2. The number of amides is 1. The highest BCUT2D eigenvalue weighted by Crippen LogP contribution is 2.31. The van der Waals surface area contributed by atoms with Crippen LogP contribution < -0.4 is 9.62 Å². The van der Waals surface area contributed by atoms with Gasteiger partial charge in [-0.3, -0.25) is 9.52 Å². The molecule has 1 aromatic rings. The Bertz CT molecular complexity index is 638. The summed E-state index contributed by atoms with van der Waals surface area (Å²) in [4.78, 5) is 13.9. The molecule has 0 saturated carbocycles. The van der Waals surface area contributed by atoms with Gasteiger partial charge in [0.25, 0.3) is 0 Å². The van der Waals surface area contributed by atoms with Crippen molar-refractivity contribution in [2.75, 3.05) is 22.4 Å². The van der Waals surface area contributed by atoms with E-state index in [0.29, 0.717) is 31.0 Å². The standard InChI is InChI=1S/C15H22N2O3S/c1-11(2)8-9-17-14-6-5-13(16-21(3,19)20)10-12(14)4-7-15(17)18/h5-6,10-11,16H,4,7-9H2,1-3H3. The van der Waals surface area contributed by atoms with Gasteiger partial charge in [-0.2, -0.15) is 0 Å². The lowest BCUT2D eigenvalue weighted by atomic mass is 9.99. The summed E-state index contributed by atoms with van der Waals surface area (Å²) in [5.74, 6) is 0.682. The van der Waals surface area contributed by atoms with Gasteiger partial charge in [-0.25, -0.2) is 8.42 Å². The van der Waals surface area contributed by atoms with Crippen LogP contribution >= 0.6 is 0 Å². The zero-order valence-electron chi connectivity index (χ0n) is 12.7. The van der Waals surface area contributed by atoms with E-state index in [2.05, 4.69) is 18.6 Å². The predicted molar refractivity (Wildman–Crippen MR) is 85.0 cm³/mol. The zero-order chi connectivity index (χ0) is 15.6. The molecule has 0 radical (unpaired) electrons. The molecule has 0 aliphatic carbocycles. The van der Waals surface area contributed by atoms with E-state index in [1.165, 1.54) is 0 Å². The number of hydrogen-bond donors (Lipinski definition) is 1. The lowest BCUT2D eigenvalue weighted by Crippen LogP contribution is -2.36. The van der Waals surface area contributed by atoms with E-state index in [9.17, 15) is 13.2 Å². The monoisotopic (exact) mass is 310 g/mol. The molecule has 0 fully saturated rings. The topological polar surface area (TPSA) is 66.5 Å². The summed E-state index contributed by atoms with van der Waals surface area (Å²) in [6.45, 7) is 4.98. The van der Waals surface area contributed by atoms with Crippen molar-refractivity contribution in [3.8, 4) is 0 Å². The molecule has 1 heterocycles. The van der Waals surface area contributed by atoms with E-state index in [4.69, 9.17) is 0 Å². The SMILES string of the molecule is CC(C)CCN1C(=O)CCc2cc(NS(C)(=O)=O)ccc21. The lowest BCUT2D eigenvalue weighted by molar-refractivity contribution is -0.118. The number of carbonyl (C=O) groups is 1. The number of sulfonamides is 1. The van der Waals surface area contributed by atoms with Crippen molar-refractivity contribution in [1.29, 1.82) is 0 Å². The third-order valence-corrected chi connectivity index (χ3v) is 4.12. The normalized spacial score (nSPS) is 15.2. The quantitative estimate of drug-likeness (QED) is 0.908. The summed E-state index contributed by atoms with van der Waals surface area (Å²) in [5.41, 5.74) is 2.48. The molecule has 0 atom stereocenters. The number of aryl methyl sites for hydroxylation is 1. The minimum Gasteiger partial charge on any atom is -0.312 e. The molecule has 21 heavy (non-hydrogen) atoms. The van der Waals surface area contributed by atoms with Crippen molar-refractivity contribution in [1.82, 2.24) is 0 Å². The van der Waals surface area contributed by atoms with Gasteiger partial charge < -0.3 is 4.90 Å². The number of rotatable bonds is 5. The van der Waals surface area contributed by atoms with Gasteiger partial charge in [0, 0.05) is 24.3 Å². The molecule has 0 aromatic heterocycles. The highest BCUT2D eigenvalue weighted by Gasteiger charge is 2.24. The molecular formula is C15H22N2O3S. The molecule has 2 rings (SSSR count). The number of hydrogen-bond acceptors (Lipinski definition) is 3. The molecule has 5 nitrogen and oxygen atoms in total. The summed E-state index contributed by atoms with van der Waals surface area (Å²) >= 11 is 0. The van der Waals surface area contributed by atoms with Crippen LogP contribution in [0.1, 0.15) is 32.3 Å². The number of carbonyl (C=O) groups excluding carboxylic acids is 1. The average molecular weight is 310 g/mol. The molecule has 1 aliphatic rings. The van der Waals surface area contributed by atoms with Crippen molar-refractivity contribution in [2.24, 2.45) is 5.92 Å². The molecule has 1 aliphatic heterocycles. The van der Waals surface area contributed by atoms with E-state index in [1.807, 2.05) is 17.0 Å². The van der Waals surface area contributed by atoms with E-state index >= 15 is 0 Å². The molecule has 1 aromatic carbocycles. The first-order valence-electron chi connectivity index (χ1n) is 7.17. The van der Waals surface area contributed by atoms with Crippen LogP contribution in [0.4, 0.5) is 11.4 Å². The summed E-state index contributed by atoms with van der Waals surface area (Å²) in [6, 6.07) is 5.37. The maximum absolute atomic E-state index is 12.1. The maximum atomic E-state index is 12.1. The van der Waals surface area contributed by atoms with Crippen LogP contribution in [0.5, 0.6) is 0 Å². The Kier molecular flexibility index (Phi) is 4.56. The second-order valence-electron chi connectivity index (χ2n) is 5.95. The van der Waals surface area contributed by atoms with E-state index in [0.717, 1.165) is 23.9 Å². The number of nitrogens with one attached hydrogen (secondary N) is 1. The van der Waals surface area contributed by atoms with Gasteiger partial charge in [0.05, 0.1) is 6.26 Å². The Morgan fingerprint density at radius 1 is 1.29 bits per heavy atom. The second kappa shape index (κ2) is 6.05. The van der Waals surface area contributed by atoms with Crippen molar-refractivity contribution in [3.63, 3.8) is 0 Å². The van der Waals surface area contributed by atoms with Crippen LogP contribution in [0, 0.1) is 5.92 Å². The molecule has 0 spiro atoms. The van der Waals surface area contributed by atoms with Gasteiger partial charge in [-0.15, -0.1) is 0 Å². The van der Waals surface area contributed by atoms with Gasteiger partial charge in [-0.05, 0) is 42.5 Å². The van der Waals surface area contributed by atoms with Crippen LogP contribution in [-0.4, -0.2) is 27.1 Å². The zero-order valence-corrected chi connectivity index (χ0v) is 13.5. The van der Waals surface area contributed by atoms with Gasteiger partial charge >= 0.3 is 0 Å². The Balaban J connectivity index is 2.25. The van der Waals surface area contributed by atoms with Gasteiger partial charge in [-0.1, -0.05) is 13.8 Å². The molecule has 1 amide bonds. The fourth-order valence-corrected chi connectivity index (χ4v) is 3.03. The molecule has 0 bridgehead atoms. The van der Waals surface area contributed by atoms with Crippen molar-refractivity contribution in [2.45, 2.75) is 33.1 Å². The van der Waals surface area contributed by atoms with Crippen molar-refractivity contribution in [3.05, 3.63) is 23.8 Å². The molecular weight excluding hydrogens is 288 g/mol. The summed E-state index contributed by atoms with van der Waals surface area (Å²) < 4.78 is 25.1. The Morgan fingerprint density at radius 3 is 2.62 bits per heavy atom. The average Bonchev–Trinajstić information content (AvgIpc) is 2.35. The fourth-order valence-electron chi connectivity index (χ4n) is 2.47. The Labute approximate surface area is 126 Å². The number of fused-ring (bicyclic) bond motifs is 1. The first-order valence-corrected chi connectivity index (χ1v) is 9.06. The lowest BCUT2D eigenvalue weighted by Gasteiger charge is -2.30. The van der Waals surface area contributed by atoms with Gasteiger partial charge in [0.15, 0.2) is 0 Å².